The Balaban J connectivity index is 2.38. The first-order valence-electron chi connectivity index (χ1n) is 5.22. The molecule has 0 radical (unpaired) electrons. The molecule has 0 saturated heterocycles. The highest BCUT2D eigenvalue weighted by Crippen LogP contribution is 2.31. The molecule has 4 nitrogen and oxygen atoms in total. The van der Waals surface area contributed by atoms with Gasteiger partial charge in [-0.15, -0.1) is 0 Å². The second-order valence-corrected chi connectivity index (χ2v) is 4.38. The van der Waals surface area contributed by atoms with E-state index in [0.717, 1.165) is 17.0 Å². The van der Waals surface area contributed by atoms with Crippen LogP contribution in [0.3, 0.4) is 0 Å². The largest absolute Gasteiger partial charge is 0.437 e. The molecule has 0 aliphatic carbocycles. The molecular weight excluding hydrogens is 238 g/mol. The van der Waals surface area contributed by atoms with Crippen molar-refractivity contribution in [1.82, 2.24) is 9.78 Å². The zero-order valence-corrected chi connectivity index (χ0v) is 10.7. The lowest BCUT2D eigenvalue weighted by molar-refractivity contribution is 0.430. The van der Waals surface area contributed by atoms with Crippen LogP contribution >= 0.6 is 11.6 Å². The summed E-state index contributed by atoms with van der Waals surface area (Å²) in [6, 6.07) is 5.44. The lowest BCUT2D eigenvalue weighted by Gasteiger charge is -2.09. The molecule has 0 fully saturated rings. The summed E-state index contributed by atoms with van der Waals surface area (Å²) in [5.41, 5.74) is 8.17. The molecule has 0 aliphatic rings. The predicted molar refractivity (Wildman–Crippen MR) is 68.6 cm³/mol. The molecule has 2 N–H and O–H groups in total. The Labute approximate surface area is 105 Å². The van der Waals surface area contributed by atoms with E-state index in [1.807, 2.05) is 26.0 Å². The van der Waals surface area contributed by atoms with Crippen LogP contribution < -0.4 is 10.5 Å². The third-order valence-electron chi connectivity index (χ3n) is 2.56. The van der Waals surface area contributed by atoms with Crippen LogP contribution in [-0.2, 0) is 7.05 Å². The summed E-state index contributed by atoms with van der Waals surface area (Å²) in [6.45, 7) is 3.78. The predicted octanol–water partition coefficient (Wildman–Crippen LogP) is 3.06. The lowest BCUT2D eigenvalue weighted by Crippen LogP contribution is -1.98. The minimum absolute atomic E-state index is 0.549. The van der Waals surface area contributed by atoms with Crippen molar-refractivity contribution in [2.75, 3.05) is 5.73 Å². The van der Waals surface area contributed by atoms with Gasteiger partial charge in [0.05, 0.1) is 5.69 Å². The fourth-order valence-electron chi connectivity index (χ4n) is 1.61. The number of benzene rings is 1. The molecule has 1 heterocycles. The van der Waals surface area contributed by atoms with Crippen LogP contribution in [0, 0.1) is 13.8 Å². The molecule has 2 aromatic rings. The summed E-state index contributed by atoms with van der Waals surface area (Å²) in [4.78, 5) is 0. The summed E-state index contributed by atoms with van der Waals surface area (Å²) in [5.74, 6) is 1.28. The summed E-state index contributed by atoms with van der Waals surface area (Å²) < 4.78 is 7.39. The molecule has 0 amide bonds. The number of aromatic nitrogens is 2. The number of halogens is 1. The lowest BCUT2D eigenvalue weighted by atomic mass is 10.2. The van der Waals surface area contributed by atoms with Gasteiger partial charge in [0.2, 0.25) is 5.88 Å². The van der Waals surface area contributed by atoms with Crippen LogP contribution in [0.1, 0.15) is 11.3 Å². The Bertz CT molecular complexity index is 563. The number of ether oxygens (including phenoxy) is 1. The molecule has 0 aliphatic heterocycles. The van der Waals surface area contributed by atoms with Gasteiger partial charge >= 0.3 is 0 Å². The molecule has 0 saturated carbocycles. The maximum Gasteiger partial charge on any atom is 0.241 e. The van der Waals surface area contributed by atoms with Gasteiger partial charge in [-0.3, -0.25) is 0 Å². The number of aryl methyl sites for hydroxylation is 3. The van der Waals surface area contributed by atoms with E-state index in [4.69, 9.17) is 22.1 Å². The molecular formula is C12H14ClN3O. The first-order valence-corrected chi connectivity index (χ1v) is 5.60. The van der Waals surface area contributed by atoms with Gasteiger partial charge in [0.25, 0.3) is 0 Å². The number of nitrogen functional groups attached to an aromatic ring is 1. The van der Waals surface area contributed by atoms with Crippen molar-refractivity contribution in [2.24, 2.45) is 7.05 Å². The van der Waals surface area contributed by atoms with Crippen molar-refractivity contribution in [2.45, 2.75) is 13.8 Å². The minimum atomic E-state index is 0.549. The van der Waals surface area contributed by atoms with Crippen molar-refractivity contribution in [3.05, 3.63) is 34.5 Å². The maximum atomic E-state index is 5.90. The fraction of sp³-hybridized carbons (Fsp3) is 0.250. The van der Waals surface area contributed by atoms with E-state index in [1.165, 1.54) is 0 Å². The minimum Gasteiger partial charge on any atom is -0.437 e. The molecule has 1 aromatic carbocycles. The Morgan fingerprint density at radius 3 is 2.59 bits per heavy atom. The van der Waals surface area contributed by atoms with E-state index in [2.05, 4.69) is 5.10 Å². The summed E-state index contributed by atoms with van der Waals surface area (Å²) >= 11 is 5.89. The normalized spacial score (nSPS) is 10.6. The zero-order chi connectivity index (χ0) is 12.6. The SMILES string of the molecule is Cc1cc(Cl)ccc1Oc1c(N)c(C)nn1C. The third-order valence-corrected chi connectivity index (χ3v) is 2.79. The number of hydrogen-bond acceptors (Lipinski definition) is 3. The first kappa shape index (κ1) is 11.8. The van der Waals surface area contributed by atoms with E-state index in [9.17, 15) is 0 Å². The number of nitrogens with zero attached hydrogens (tertiary/aromatic N) is 2. The summed E-state index contributed by atoms with van der Waals surface area (Å²) in [7, 11) is 1.80. The Morgan fingerprint density at radius 2 is 2.06 bits per heavy atom. The highest BCUT2D eigenvalue weighted by atomic mass is 35.5. The van der Waals surface area contributed by atoms with Crippen molar-refractivity contribution in [3.63, 3.8) is 0 Å². The van der Waals surface area contributed by atoms with Crippen LogP contribution in [0.15, 0.2) is 18.2 Å². The topological polar surface area (TPSA) is 53.1 Å². The molecule has 0 atom stereocenters. The van der Waals surface area contributed by atoms with Crippen molar-refractivity contribution in [3.8, 4) is 11.6 Å². The van der Waals surface area contributed by atoms with Crippen LogP contribution in [0.25, 0.3) is 0 Å². The average Bonchev–Trinajstić information content (AvgIpc) is 2.48. The van der Waals surface area contributed by atoms with Gasteiger partial charge in [-0.1, -0.05) is 11.6 Å². The quantitative estimate of drug-likeness (QED) is 0.893. The third kappa shape index (κ3) is 2.22. The highest BCUT2D eigenvalue weighted by molar-refractivity contribution is 6.30. The van der Waals surface area contributed by atoms with E-state index in [1.54, 1.807) is 17.8 Å². The second-order valence-electron chi connectivity index (χ2n) is 3.94. The average molecular weight is 252 g/mol. The standard InChI is InChI=1S/C12H14ClN3O/c1-7-6-9(13)4-5-10(7)17-12-11(14)8(2)15-16(12)3/h4-6H,14H2,1-3H3. The Kier molecular flexibility index (Phi) is 2.98. The van der Waals surface area contributed by atoms with Gasteiger partial charge in [0.1, 0.15) is 11.4 Å². The van der Waals surface area contributed by atoms with Crippen LogP contribution in [0.5, 0.6) is 11.6 Å². The molecule has 0 bridgehead atoms. The molecule has 0 spiro atoms. The van der Waals surface area contributed by atoms with Crippen LogP contribution in [0.4, 0.5) is 5.69 Å². The van der Waals surface area contributed by atoms with Gasteiger partial charge in [0.15, 0.2) is 0 Å². The Morgan fingerprint density at radius 1 is 1.35 bits per heavy atom. The van der Waals surface area contributed by atoms with E-state index < -0.39 is 0 Å². The molecule has 2 rings (SSSR count). The maximum absolute atomic E-state index is 5.90. The van der Waals surface area contributed by atoms with Crippen LogP contribution in [0.2, 0.25) is 5.02 Å². The molecule has 0 unspecified atom stereocenters. The molecule has 17 heavy (non-hydrogen) atoms. The van der Waals surface area contributed by atoms with E-state index in [0.29, 0.717) is 16.6 Å². The Hall–Kier alpha value is -1.68. The summed E-state index contributed by atoms with van der Waals surface area (Å²) in [5, 5.41) is 4.88. The van der Waals surface area contributed by atoms with Gasteiger partial charge < -0.3 is 10.5 Å². The van der Waals surface area contributed by atoms with Crippen LogP contribution in [-0.4, -0.2) is 9.78 Å². The molecule has 90 valence electrons. The van der Waals surface area contributed by atoms with Crippen molar-refractivity contribution in [1.29, 1.82) is 0 Å². The monoisotopic (exact) mass is 251 g/mol. The fourth-order valence-corrected chi connectivity index (χ4v) is 1.83. The number of hydrogen-bond donors (Lipinski definition) is 1. The van der Waals surface area contributed by atoms with Crippen molar-refractivity contribution >= 4 is 17.3 Å². The number of anilines is 1. The van der Waals surface area contributed by atoms with E-state index in [-0.39, 0.29) is 0 Å². The highest BCUT2D eigenvalue weighted by Gasteiger charge is 2.13. The number of nitrogens with two attached hydrogens (primary N) is 1. The zero-order valence-electron chi connectivity index (χ0n) is 9.99. The van der Waals surface area contributed by atoms with E-state index >= 15 is 0 Å². The number of rotatable bonds is 2. The van der Waals surface area contributed by atoms with Gasteiger partial charge in [-0.25, -0.2) is 4.68 Å². The van der Waals surface area contributed by atoms with Gasteiger partial charge in [0, 0.05) is 12.1 Å². The van der Waals surface area contributed by atoms with Gasteiger partial charge in [-0.05, 0) is 37.6 Å². The smallest absolute Gasteiger partial charge is 0.241 e. The van der Waals surface area contributed by atoms with Crippen molar-refractivity contribution < 1.29 is 4.74 Å². The first-order chi connectivity index (χ1) is 7.99. The molecule has 1 aromatic heterocycles. The summed E-state index contributed by atoms with van der Waals surface area (Å²) in [6.07, 6.45) is 0. The second kappa shape index (κ2) is 4.30. The van der Waals surface area contributed by atoms with Gasteiger partial charge in [-0.2, -0.15) is 5.10 Å². The molecule has 5 heteroatoms.